The van der Waals surface area contributed by atoms with Crippen molar-refractivity contribution in [3.8, 4) is 10.6 Å². The Morgan fingerprint density at radius 3 is 2.88 bits per heavy atom. The van der Waals surface area contributed by atoms with Crippen LogP contribution in [0.15, 0.2) is 24.4 Å². The molecule has 1 aliphatic heterocycles. The largest absolute Gasteiger partial charge is 0.383 e. The molecule has 0 unspecified atom stereocenters. The van der Waals surface area contributed by atoms with Crippen molar-refractivity contribution in [3.05, 3.63) is 24.4 Å². The number of rotatable bonds is 5. The van der Waals surface area contributed by atoms with Crippen molar-refractivity contribution in [1.82, 2.24) is 15.2 Å². The molecular formula is C18H21N5S. The highest BCUT2D eigenvalue weighted by Crippen LogP contribution is 2.39. The van der Waals surface area contributed by atoms with Gasteiger partial charge < -0.3 is 10.2 Å². The minimum Gasteiger partial charge on any atom is -0.383 e. The first-order valence-electron chi connectivity index (χ1n) is 8.80. The quantitative estimate of drug-likeness (QED) is 0.734. The molecule has 1 saturated carbocycles. The van der Waals surface area contributed by atoms with Gasteiger partial charge in [-0.05, 0) is 43.7 Å². The van der Waals surface area contributed by atoms with Crippen molar-refractivity contribution in [3.63, 3.8) is 0 Å². The average molecular weight is 339 g/mol. The summed E-state index contributed by atoms with van der Waals surface area (Å²) in [6.07, 6.45) is 7.07. The standard InChI is InChI=1S/C18H21N5S/c1-2-8-23(7-1)17-10-14(19-11-12-3-4-12)18-15(21-17)9-16(24-18)13-5-6-20-22-13/h5-6,9-10,12H,1-4,7-8,11H2,(H,19,21)(H,20,22). The summed E-state index contributed by atoms with van der Waals surface area (Å²) >= 11 is 1.79. The van der Waals surface area contributed by atoms with Gasteiger partial charge in [0, 0.05) is 31.9 Å². The first kappa shape index (κ1) is 14.3. The molecule has 0 aromatic carbocycles. The molecule has 2 fully saturated rings. The number of hydrogen-bond donors (Lipinski definition) is 2. The van der Waals surface area contributed by atoms with Gasteiger partial charge in [0.25, 0.3) is 0 Å². The van der Waals surface area contributed by atoms with Gasteiger partial charge in [0.15, 0.2) is 0 Å². The summed E-state index contributed by atoms with van der Waals surface area (Å²) in [5.74, 6) is 1.97. The fraction of sp³-hybridized carbons (Fsp3) is 0.444. The van der Waals surface area contributed by atoms with Crippen LogP contribution in [-0.4, -0.2) is 34.8 Å². The third kappa shape index (κ3) is 2.65. The van der Waals surface area contributed by atoms with Crippen LogP contribution < -0.4 is 10.2 Å². The Kier molecular flexibility index (Phi) is 3.43. The second kappa shape index (κ2) is 5.77. The Bertz CT molecular complexity index is 844. The third-order valence-corrected chi connectivity index (χ3v) is 6.13. The molecule has 4 heterocycles. The van der Waals surface area contributed by atoms with Crippen molar-refractivity contribution < 1.29 is 0 Å². The van der Waals surface area contributed by atoms with E-state index in [1.165, 1.54) is 40.9 Å². The number of aromatic amines is 1. The molecule has 6 heteroatoms. The summed E-state index contributed by atoms with van der Waals surface area (Å²) < 4.78 is 1.25. The Morgan fingerprint density at radius 2 is 2.12 bits per heavy atom. The number of H-pyrrole nitrogens is 1. The predicted molar refractivity (Wildman–Crippen MR) is 99.9 cm³/mol. The molecule has 5 nitrogen and oxygen atoms in total. The highest BCUT2D eigenvalue weighted by molar-refractivity contribution is 7.22. The average Bonchev–Trinajstić information content (AvgIpc) is 3.07. The molecule has 0 atom stereocenters. The highest BCUT2D eigenvalue weighted by atomic mass is 32.1. The van der Waals surface area contributed by atoms with Crippen LogP contribution in [0, 0.1) is 5.92 Å². The van der Waals surface area contributed by atoms with E-state index < -0.39 is 0 Å². The van der Waals surface area contributed by atoms with E-state index in [1.807, 2.05) is 6.07 Å². The molecule has 0 radical (unpaired) electrons. The lowest BCUT2D eigenvalue weighted by Gasteiger charge is -2.18. The second-order valence-electron chi connectivity index (χ2n) is 6.84. The first-order valence-corrected chi connectivity index (χ1v) is 9.61. The van der Waals surface area contributed by atoms with Crippen LogP contribution in [0.1, 0.15) is 25.7 Å². The minimum atomic E-state index is 0.857. The van der Waals surface area contributed by atoms with E-state index in [4.69, 9.17) is 4.98 Å². The van der Waals surface area contributed by atoms with Gasteiger partial charge in [-0.3, -0.25) is 5.10 Å². The van der Waals surface area contributed by atoms with Gasteiger partial charge in [-0.25, -0.2) is 4.98 Å². The maximum atomic E-state index is 4.95. The van der Waals surface area contributed by atoms with Crippen molar-refractivity contribution in [2.75, 3.05) is 29.9 Å². The number of hydrogen-bond acceptors (Lipinski definition) is 5. The number of nitrogens with one attached hydrogen (secondary N) is 2. The van der Waals surface area contributed by atoms with Crippen LogP contribution >= 0.6 is 11.3 Å². The van der Waals surface area contributed by atoms with Crippen molar-refractivity contribution in [1.29, 1.82) is 0 Å². The second-order valence-corrected chi connectivity index (χ2v) is 7.89. The number of thiophene rings is 1. The van der Waals surface area contributed by atoms with Gasteiger partial charge in [0.05, 0.1) is 26.5 Å². The number of pyridine rings is 1. The molecule has 1 saturated heterocycles. The van der Waals surface area contributed by atoms with Gasteiger partial charge in [0.2, 0.25) is 0 Å². The lowest BCUT2D eigenvalue weighted by atomic mass is 10.2. The van der Waals surface area contributed by atoms with E-state index in [1.54, 1.807) is 17.5 Å². The Morgan fingerprint density at radius 1 is 1.25 bits per heavy atom. The normalized spacial score (nSPS) is 17.8. The molecule has 24 heavy (non-hydrogen) atoms. The minimum absolute atomic E-state index is 0.857. The Hall–Kier alpha value is -2.08. The van der Waals surface area contributed by atoms with Crippen molar-refractivity contribution in [2.24, 2.45) is 5.92 Å². The fourth-order valence-corrected chi connectivity index (χ4v) is 4.41. The van der Waals surface area contributed by atoms with E-state index >= 15 is 0 Å². The summed E-state index contributed by atoms with van der Waals surface area (Å²) in [7, 11) is 0. The molecule has 3 aromatic heterocycles. The molecule has 5 rings (SSSR count). The zero-order valence-electron chi connectivity index (χ0n) is 13.6. The van der Waals surface area contributed by atoms with E-state index in [2.05, 4.69) is 32.5 Å². The number of nitrogens with zero attached hydrogens (tertiary/aromatic N) is 3. The van der Waals surface area contributed by atoms with E-state index in [0.717, 1.165) is 42.6 Å². The molecule has 3 aromatic rings. The highest BCUT2D eigenvalue weighted by Gasteiger charge is 2.22. The summed E-state index contributed by atoms with van der Waals surface area (Å²) in [4.78, 5) is 8.56. The number of fused-ring (bicyclic) bond motifs is 1. The smallest absolute Gasteiger partial charge is 0.131 e. The summed E-state index contributed by atoms with van der Waals surface area (Å²) in [5.41, 5.74) is 3.39. The zero-order chi connectivity index (χ0) is 15.9. The molecule has 2 N–H and O–H groups in total. The predicted octanol–water partition coefficient (Wildman–Crippen LogP) is 4.11. The summed E-state index contributed by atoms with van der Waals surface area (Å²) in [5, 5.41) is 10.8. The molecule has 1 aliphatic carbocycles. The zero-order valence-corrected chi connectivity index (χ0v) is 14.4. The maximum Gasteiger partial charge on any atom is 0.131 e. The van der Waals surface area contributed by atoms with Crippen LogP contribution in [-0.2, 0) is 0 Å². The van der Waals surface area contributed by atoms with Crippen LogP contribution in [0.2, 0.25) is 0 Å². The van der Waals surface area contributed by atoms with E-state index in [0.29, 0.717) is 0 Å². The Balaban J connectivity index is 1.57. The number of aromatic nitrogens is 3. The van der Waals surface area contributed by atoms with Crippen LogP contribution in [0.4, 0.5) is 11.5 Å². The van der Waals surface area contributed by atoms with Gasteiger partial charge >= 0.3 is 0 Å². The maximum absolute atomic E-state index is 4.95. The SMILES string of the molecule is c1cc(-c2cc3nc(N4CCCC4)cc(NCC4CC4)c3s2)[nH]n1. The van der Waals surface area contributed by atoms with Gasteiger partial charge in [-0.15, -0.1) is 11.3 Å². The monoisotopic (exact) mass is 339 g/mol. The van der Waals surface area contributed by atoms with Gasteiger partial charge in [-0.1, -0.05) is 0 Å². The summed E-state index contributed by atoms with van der Waals surface area (Å²) in [6.45, 7) is 3.33. The van der Waals surface area contributed by atoms with Gasteiger partial charge in [-0.2, -0.15) is 5.10 Å². The lowest BCUT2D eigenvalue weighted by molar-refractivity contribution is 0.889. The molecule has 0 amide bonds. The van der Waals surface area contributed by atoms with Crippen molar-refractivity contribution in [2.45, 2.75) is 25.7 Å². The lowest BCUT2D eigenvalue weighted by Crippen LogP contribution is -2.19. The van der Waals surface area contributed by atoms with E-state index in [-0.39, 0.29) is 0 Å². The third-order valence-electron chi connectivity index (χ3n) is 4.94. The molecule has 0 bridgehead atoms. The van der Waals surface area contributed by atoms with Crippen molar-refractivity contribution >= 4 is 33.1 Å². The van der Waals surface area contributed by atoms with Crippen LogP contribution in [0.25, 0.3) is 20.8 Å². The first-order chi connectivity index (χ1) is 11.9. The molecule has 124 valence electrons. The van der Waals surface area contributed by atoms with Crippen LogP contribution in [0.3, 0.4) is 0 Å². The van der Waals surface area contributed by atoms with Crippen LogP contribution in [0.5, 0.6) is 0 Å². The molecular weight excluding hydrogens is 318 g/mol. The van der Waals surface area contributed by atoms with E-state index in [9.17, 15) is 0 Å². The molecule has 2 aliphatic rings. The Labute approximate surface area is 145 Å². The summed E-state index contributed by atoms with van der Waals surface area (Å²) in [6, 6.07) is 6.46. The topological polar surface area (TPSA) is 56.8 Å². The molecule has 0 spiro atoms. The number of anilines is 2. The fourth-order valence-electron chi connectivity index (χ4n) is 3.35. The van der Waals surface area contributed by atoms with Gasteiger partial charge in [0.1, 0.15) is 5.82 Å².